The minimum Gasteiger partial charge on any atom is -0.406 e. The molecule has 6 nitrogen and oxygen atoms in total. The number of nitrogens with zero attached hydrogens (tertiary/aromatic N) is 3. The number of carbonyl (C=O) groups excluding carboxylic acids is 1. The van der Waals surface area contributed by atoms with Gasteiger partial charge in [0.25, 0.3) is 5.91 Å². The van der Waals surface area contributed by atoms with Crippen molar-refractivity contribution < 1.29 is 22.7 Å². The van der Waals surface area contributed by atoms with Crippen molar-refractivity contribution in [3.63, 3.8) is 0 Å². The van der Waals surface area contributed by atoms with Gasteiger partial charge >= 0.3 is 6.36 Å². The molecule has 9 heteroatoms. The number of benzene rings is 3. The highest BCUT2D eigenvalue weighted by atomic mass is 19.4. The van der Waals surface area contributed by atoms with Gasteiger partial charge < -0.3 is 14.6 Å². The Kier molecular flexibility index (Phi) is 5.60. The number of alkyl halides is 3. The molecule has 0 spiro atoms. The van der Waals surface area contributed by atoms with Crippen molar-refractivity contribution in [1.29, 1.82) is 0 Å². The summed E-state index contributed by atoms with van der Waals surface area (Å²) in [6.45, 7) is 2.17. The lowest BCUT2D eigenvalue weighted by molar-refractivity contribution is -0.274. The van der Waals surface area contributed by atoms with Gasteiger partial charge in [0.15, 0.2) is 0 Å². The van der Waals surface area contributed by atoms with Crippen LogP contribution in [0.5, 0.6) is 5.75 Å². The van der Waals surface area contributed by atoms with Crippen molar-refractivity contribution >= 4 is 27.7 Å². The molecule has 5 aromatic rings. The van der Waals surface area contributed by atoms with Gasteiger partial charge in [0.05, 0.1) is 17.6 Å². The molecule has 5 rings (SSSR count). The van der Waals surface area contributed by atoms with Crippen molar-refractivity contribution in [2.24, 2.45) is 0 Å². The van der Waals surface area contributed by atoms with Crippen LogP contribution in [0.2, 0.25) is 0 Å². The quantitative estimate of drug-likeness (QED) is 0.353. The number of aryl methyl sites for hydroxylation is 1. The number of halogens is 3. The van der Waals surface area contributed by atoms with E-state index in [4.69, 9.17) is 0 Å². The van der Waals surface area contributed by atoms with Gasteiger partial charge in [0.1, 0.15) is 11.6 Å². The van der Waals surface area contributed by atoms with Gasteiger partial charge in [-0.15, -0.1) is 13.2 Å². The van der Waals surface area contributed by atoms with E-state index in [-0.39, 0.29) is 18.2 Å². The third kappa shape index (κ3) is 4.65. The molecule has 0 fully saturated rings. The summed E-state index contributed by atoms with van der Waals surface area (Å²) in [5.74, 6) is -0.0483. The van der Waals surface area contributed by atoms with Crippen molar-refractivity contribution in [3.05, 3.63) is 96.1 Å². The van der Waals surface area contributed by atoms with Crippen LogP contribution in [-0.4, -0.2) is 26.8 Å². The van der Waals surface area contributed by atoms with Crippen LogP contribution < -0.4 is 10.1 Å². The number of carbonyl (C=O) groups is 1. The van der Waals surface area contributed by atoms with Crippen LogP contribution in [-0.2, 0) is 6.54 Å². The zero-order valence-corrected chi connectivity index (χ0v) is 18.5. The Balaban J connectivity index is 1.54. The molecule has 0 radical (unpaired) electrons. The molecule has 2 aromatic heterocycles. The highest BCUT2D eigenvalue weighted by Crippen LogP contribution is 2.34. The number of nitrogens with one attached hydrogen (secondary N) is 1. The fraction of sp³-hybridized carbons (Fsp3) is 0.115. The van der Waals surface area contributed by atoms with E-state index in [1.807, 2.05) is 41.8 Å². The van der Waals surface area contributed by atoms with Crippen LogP contribution in [0.1, 0.15) is 21.7 Å². The fourth-order valence-corrected chi connectivity index (χ4v) is 4.04. The first-order valence-electron chi connectivity index (χ1n) is 10.7. The van der Waals surface area contributed by atoms with Crippen LogP contribution in [0.4, 0.5) is 13.2 Å². The van der Waals surface area contributed by atoms with E-state index in [0.717, 1.165) is 27.4 Å². The number of hydrogen-bond acceptors (Lipinski definition) is 4. The van der Waals surface area contributed by atoms with Gasteiger partial charge in [-0.05, 0) is 67.6 Å². The second-order valence-electron chi connectivity index (χ2n) is 7.98. The largest absolute Gasteiger partial charge is 0.573 e. The Morgan fingerprint density at radius 3 is 2.29 bits per heavy atom. The fourth-order valence-electron chi connectivity index (χ4n) is 4.04. The molecule has 0 saturated heterocycles. The molecule has 0 saturated carbocycles. The van der Waals surface area contributed by atoms with Crippen molar-refractivity contribution in [2.45, 2.75) is 19.8 Å². The topological polar surface area (TPSA) is 69.0 Å². The number of amides is 1. The van der Waals surface area contributed by atoms with Gasteiger partial charge in [-0.25, -0.2) is 9.97 Å². The molecule has 35 heavy (non-hydrogen) atoms. The number of aromatic nitrogens is 3. The summed E-state index contributed by atoms with van der Waals surface area (Å²) in [7, 11) is 0. The standard InChI is InChI=1S/C26H19F3N4O2/c1-16-3-9-22-20(13-16)21-14-17(25(34)32-15-24-30-11-2-12-31-24)4-10-23(21)33(22)18-5-7-19(8-6-18)35-26(27,28)29/h2-14H,15H2,1H3,(H,32,34). The van der Waals surface area contributed by atoms with E-state index in [2.05, 4.69) is 20.0 Å². The Bertz CT molecular complexity index is 1530. The highest BCUT2D eigenvalue weighted by molar-refractivity contribution is 6.11. The normalized spacial score (nSPS) is 11.7. The summed E-state index contributed by atoms with van der Waals surface area (Å²) in [4.78, 5) is 21.0. The summed E-state index contributed by atoms with van der Waals surface area (Å²) in [6, 6.07) is 18.7. The van der Waals surface area contributed by atoms with Gasteiger partial charge in [-0.3, -0.25) is 4.79 Å². The summed E-state index contributed by atoms with van der Waals surface area (Å²) in [5.41, 5.74) is 3.87. The second-order valence-corrected chi connectivity index (χ2v) is 7.98. The van der Waals surface area contributed by atoms with Crippen molar-refractivity contribution in [3.8, 4) is 11.4 Å². The number of ether oxygens (including phenoxy) is 1. The Morgan fingerprint density at radius 2 is 1.60 bits per heavy atom. The van der Waals surface area contributed by atoms with E-state index in [1.54, 1.807) is 36.7 Å². The lowest BCUT2D eigenvalue weighted by Crippen LogP contribution is -2.23. The molecular weight excluding hydrogens is 457 g/mol. The maximum atomic E-state index is 12.8. The van der Waals surface area contributed by atoms with Gasteiger partial charge in [0, 0.05) is 34.4 Å². The molecule has 0 bridgehead atoms. The molecule has 0 atom stereocenters. The summed E-state index contributed by atoms with van der Waals surface area (Å²) >= 11 is 0. The first-order valence-corrected chi connectivity index (χ1v) is 10.7. The molecule has 2 heterocycles. The maximum Gasteiger partial charge on any atom is 0.573 e. The molecule has 0 unspecified atom stereocenters. The minimum atomic E-state index is -4.75. The summed E-state index contributed by atoms with van der Waals surface area (Å²) in [5, 5.41) is 4.60. The summed E-state index contributed by atoms with van der Waals surface area (Å²) < 4.78 is 43.6. The number of rotatable bonds is 5. The first-order chi connectivity index (χ1) is 16.8. The van der Waals surface area contributed by atoms with Crippen LogP contribution in [0.3, 0.4) is 0 Å². The third-order valence-electron chi connectivity index (χ3n) is 5.54. The predicted molar refractivity (Wildman–Crippen MR) is 125 cm³/mol. The smallest absolute Gasteiger partial charge is 0.406 e. The van der Waals surface area contributed by atoms with Crippen LogP contribution in [0.15, 0.2) is 79.1 Å². The predicted octanol–water partition coefficient (Wildman–Crippen LogP) is 5.71. The van der Waals surface area contributed by atoms with Gasteiger partial charge in [0.2, 0.25) is 0 Å². The number of hydrogen-bond donors (Lipinski definition) is 1. The van der Waals surface area contributed by atoms with Crippen LogP contribution in [0.25, 0.3) is 27.5 Å². The van der Waals surface area contributed by atoms with Crippen LogP contribution >= 0.6 is 0 Å². The zero-order chi connectivity index (χ0) is 24.6. The van der Waals surface area contributed by atoms with Gasteiger partial charge in [-0.2, -0.15) is 0 Å². The lowest BCUT2D eigenvalue weighted by Gasteiger charge is -2.11. The minimum absolute atomic E-state index is 0.199. The van der Waals surface area contributed by atoms with Crippen molar-refractivity contribution in [1.82, 2.24) is 19.9 Å². The Hall–Kier alpha value is -4.40. The first kappa shape index (κ1) is 22.4. The lowest BCUT2D eigenvalue weighted by atomic mass is 10.1. The SMILES string of the molecule is Cc1ccc2c(c1)c1cc(C(=O)NCc3ncccn3)ccc1n2-c1ccc(OC(F)(F)F)cc1. The molecule has 0 aliphatic carbocycles. The molecule has 0 aliphatic heterocycles. The molecule has 1 amide bonds. The monoisotopic (exact) mass is 476 g/mol. The Morgan fingerprint density at radius 1 is 0.943 bits per heavy atom. The van der Waals surface area contributed by atoms with E-state index in [0.29, 0.717) is 17.1 Å². The highest BCUT2D eigenvalue weighted by Gasteiger charge is 2.31. The Labute approximate surface area is 198 Å². The van der Waals surface area contributed by atoms with E-state index in [9.17, 15) is 18.0 Å². The van der Waals surface area contributed by atoms with E-state index >= 15 is 0 Å². The average Bonchev–Trinajstić information content (AvgIpc) is 3.15. The van der Waals surface area contributed by atoms with Crippen molar-refractivity contribution in [2.75, 3.05) is 0 Å². The second kappa shape index (κ2) is 8.75. The van der Waals surface area contributed by atoms with E-state index < -0.39 is 6.36 Å². The average molecular weight is 476 g/mol. The number of fused-ring (bicyclic) bond motifs is 3. The summed E-state index contributed by atoms with van der Waals surface area (Å²) in [6.07, 6.45) is -1.53. The molecule has 0 aliphatic rings. The van der Waals surface area contributed by atoms with Gasteiger partial charge in [-0.1, -0.05) is 11.6 Å². The maximum absolute atomic E-state index is 12.8. The molecular formula is C26H19F3N4O2. The van der Waals surface area contributed by atoms with E-state index in [1.165, 1.54) is 12.1 Å². The third-order valence-corrected chi connectivity index (χ3v) is 5.54. The zero-order valence-electron chi connectivity index (χ0n) is 18.5. The molecule has 176 valence electrons. The molecule has 3 aromatic carbocycles. The van der Waals surface area contributed by atoms with Crippen LogP contribution in [0, 0.1) is 6.92 Å². The molecule has 1 N–H and O–H groups in total.